The SMILES string of the molecule is COc1ccc(CNC2CCC(Nc3ccnc4cc(Cl)ccc34)CC2)c(O)c1.Cl.Cl. The minimum atomic E-state index is 0. The van der Waals surface area contributed by atoms with E-state index < -0.39 is 0 Å². The Labute approximate surface area is 200 Å². The van der Waals surface area contributed by atoms with Crippen LogP contribution in [0.4, 0.5) is 5.69 Å². The molecule has 4 rings (SSSR count). The molecule has 1 aromatic heterocycles. The van der Waals surface area contributed by atoms with Gasteiger partial charge in [0.1, 0.15) is 11.5 Å². The van der Waals surface area contributed by atoms with Crippen molar-refractivity contribution in [3.05, 3.63) is 59.2 Å². The number of aromatic hydroxyl groups is 1. The van der Waals surface area contributed by atoms with Crippen LogP contribution in [0.2, 0.25) is 5.02 Å². The highest BCUT2D eigenvalue weighted by atomic mass is 35.5. The monoisotopic (exact) mass is 483 g/mol. The van der Waals surface area contributed by atoms with E-state index in [-0.39, 0.29) is 30.6 Å². The summed E-state index contributed by atoms with van der Waals surface area (Å²) in [6, 6.07) is 14.2. The van der Waals surface area contributed by atoms with Crippen molar-refractivity contribution in [2.24, 2.45) is 0 Å². The van der Waals surface area contributed by atoms with E-state index in [0.29, 0.717) is 29.4 Å². The number of pyridine rings is 1. The lowest BCUT2D eigenvalue weighted by atomic mass is 9.90. The van der Waals surface area contributed by atoms with Gasteiger partial charge in [0.25, 0.3) is 0 Å². The van der Waals surface area contributed by atoms with Crippen molar-refractivity contribution >= 4 is 53.0 Å². The molecule has 2 aromatic carbocycles. The molecule has 0 amide bonds. The summed E-state index contributed by atoms with van der Waals surface area (Å²) in [5, 5.41) is 19.2. The van der Waals surface area contributed by atoms with E-state index in [0.717, 1.165) is 47.8 Å². The molecule has 3 N–H and O–H groups in total. The lowest BCUT2D eigenvalue weighted by Gasteiger charge is -2.30. The van der Waals surface area contributed by atoms with Crippen LogP contribution in [0, 0.1) is 0 Å². The topological polar surface area (TPSA) is 66.4 Å². The zero-order valence-corrected chi connectivity index (χ0v) is 19.7. The fourth-order valence-electron chi connectivity index (χ4n) is 3.98. The first-order chi connectivity index (χ1) is 14.1. The second kappa shape index (κ2) is 11.6. The van der Waals surface area contributed by atoms with Crippen LogP contribution in [-0.2, 0) is 6.54 Å². The lowest BCUT2D eigenvalue weighted by Crippen LogP contribution is -2.36. The standard InChI is InChI=1S/C23H26ClN3O2.2ClH/c1-29-19-8-2-15(23(28)13-19)14-26-17-4-6-18(7-5-17)27-21-10-11-25-22-12-16(24)3-9-20(21)22;;/h2-3,8-13,17-18,26,28H,4-7,14H2,1H3,(H,25,27);2*1H. The zero-order chi connectivity index (χ0) is 20.2. The highest BCUT2D eigenvalue weighted by Gasteiger charge is 2.21. The Bertz CT molecular complexity index is 995. The third kappa shape index (κ3) is 6.30. The van der Waals surface area contributed by atoms with E-state index in [1.54, 1.807) is 13.2 Å². The first-order valence-electron chi connectivity index (χ1n) is 10.0. The Balaban J connectivity index is 0.00000171. The van der Waals surface area contributed by atoms with Crippen molar-refractivity contribution in [2.75, 3.05) is 12.4 Å². The molecule has 0 spiro atoms. The zero-order valence-electron chi connectivity index (χ0n) is 17.3. The molecule has 8 heteroatoms. The van der Waals surface area contributed by atoms with Crippen LogP contribution in [0.5, 0.6) is 11.5 Å². The van der Waals surface area contributed by atoms with Crippen molar-refractivity contribution < 1.29 is 9.84 Å². The number of aromatic nitrogens is 1. The Morgan fingerprint density at radius 3 is 2.48 bits per heavy atom. The maximum absolute atomic E-state index is 10.1. The van der Waals surface area contributed by atoms with E-state index in [9.17, 15) is 5.11 Å². The van der Waals surface area contributed by atoms with Gasteiger partial charge in [-0.15, -0.1) is 24.8 Å². The van der Waals surface area contributed by atoms with Gasteiger partial charge in [-0.3, -0.25) is 4.98 Å². The first kappa shape index (κ1) is 25.3. The molecule has 0 unspecified atom stereocenters. The Hall–Kier alpha value is -1.92. The summed E-state index contributed by atoms with van der Waals surface area (Å²) >= 11 is 6.09. The number of hydrogen-bond acceptors (Lipinski definition) is 5. The van der Waals surface area contributed by atoms with Crippen LogP contribution in [0.25, 0.3) is 10.9 Å². The molecule has 0 atom stereocenters. The van der Waals surface area contributed by atoms with E-state index in [2.05, 4.69) is 15.6 Å². The summed E-state index contributed by atoms with van der Waals surface area (Å²) in [6.45, 7) is 0.661. The summed E-state index contributed by atoms with van der Waals surface area (Å²) in [7, 11) is 1.60. The number of fused-ring (bicyclic) bond motifs is 1. The van der Waals surface area contributed by atoms with Crippen molar-refractivity contribution in [3.8, 4) is 11.5 Å². The number of nitrogens with zero attached hydrogens (tertiary/aromatic N) is 1. The molecule has 0 aliphatic heterocycles. The molecule has 0 saturated heterocycles. The smallest absolute Gasteiger partial charge is 0.123 e. The van der Waals surface area contributed by atoms with Crippen LogP contribution < -0.4 is 15.4 Å². The maximum atomic E-state index is 10.1. The van der Waals surface area contributed by atoms with E-state index in [4.69, 9.17) is 16.3 Å². The molecule has 1 fully saturated rings. The molecule has 1 saturated carbocycles. The fraction of sp³-hybridized carbons (Fsp3) is 0.348. The summed E-state index contributed by atoms with van der Waals surface area (Å²) in [5.41, 5.74) is 2.93. The van der Waals surface area contributed by atoms with Crippen LogP contribution in [0.3, 0.4) is 0 Å². The normalized spacial score (nSPS) is 18.0. The van der Waals surface area contributed by atoms with Gasteiger partial charge in [-0.1, -0.05) is 17.7 Å². The molecule has 168 valence electrons. The molecule has 0 radical (unpaired) electrons. The number of benzene rings is 2. The Morgan fingerprint density at radius 2 is 1.77 bits per heavy atom. The minimum absolute atomic E-state index is 0. The number of rotatable bonds is 6. The molecule has 1 aliphatic rings. The van der Waals surface area contributed by atoms with Crippen LogP contribution in [-0.4, -0.2) is 29.3 Å². The number of nitrogens with one attached hydrogen (secondary N) is 2. The molecule has 5 nitrogen and oxygen atoms in total. The molecule has 31 heavy (non-hydrogen) atoms. The van der Waals surface area contributed by atoms with Gasteiger partial charge in [0, 0.05) is 52.6 Å². The largest absolute Gasteiger partial charge is 0.507 e. The minimum Gasteiger partial charge on any atom is -0.507 e. The van der Waals surface area contributed by atoms with Crippen molar-refractivity contribution in [3.63, 3.8) is 0 Å². The number of halogens is 3. The van der Waals surface area contributed by atoms with Crippen molar-refractivity contribution in [1.82, 2.24) is 10.3 Å². The van der Waals surface area contributed by atoms with Gasteiger partial charge in [-0.25, -0.2) is 0 Å². The summed E-state index contributed by atoms with van der Waals surface area (Å²) < 4.78 is 5.14. The van der Waals surface area contributed by atoms with Crippen LogP contribution in [0.1, 0.15) is 31.2 Å². The Kier molecular flexibility index (Phi) is 9.51. The number of anilines is 1. The number of hydrogen-bond donors (Lipinski definition) is 3. The van der Waals surface area contributed by atoms with E-state index in [1.807, 2.05) is 42.6 Å². The van der Waals surface area contributed by atoms with Crippen LogP contribution >= 0.6 is 36.4 Å². The average molecular weight is 485 g/mol. The van der Waals surface area contributed by atoms with Crippen LogP contribution in [0.15, 0.2) is 48.7 Å². The van der Waals surface area contributed by atoms with Gasteiger partial charge in [0.2, 0.25) is 0 Å². The van der Waals surface area contributed by atoms with Gasteiger partial charge in [-0.2, -0.15) is 0 Å². The number of phenolic OH excluding ortho intramolecular Hbond substituents is 1. The van der Waals surface area contributed by atoms with E-state index in [1.165, 1.54) is 0 Å². The highest BCUT2D eigenvalue weighted by molar-refractivity contribution is 6.31. The third-order valence-electron chi connectivity index (χ3n) is 5.67. The predicted octanol–water partition coefficient (Wildman–Crippen LogP) is 5.96. The Morgan fingerprint density at radius 1 is 1.03 bits per heavy atom. The highest BCUT2D eigenvalue weighted by Crippen LogP contribution is 2.29. The second-order valence-electron chi connectivity index (χ2n) is 7.59. The van der Waals surface area contributed by atoms with Gasteiger partial charge < -0.3 is 20.5 Å². The third-order valence-corrected chi connectivity index (χ3v) is 5.90. The molecular weight excluding hydrogens is 457 g/mol. The number of phenols is 1. The lowest BCUT2D eigenvalue weighted by molar-refractivity contribution is 0.350. The summed E-state index contributed by atoms with van der Waals surface area (Å²) in [6.07, 6.45) is 6.23. The van der Waals surface area contributed by atoms with Gasteiger partial charge in [0.05, 0.1) is 12.6 Å². The molecular formula is C23H28Cl3N3O2. The summed E-state index contributed by atoms with van der Waals surface area (Å²) in [5.74, 6) is 0.945. The quantitative estimate of drug-likeness (QED) is 0.403. The first-order valence-corrected chi connectivity index (χ1v) is 10.4. The van der Waals surface area contributed by atoms with Gasteiger partial charge >= 0.3 is 0 Å². The van der Waals surface area contributed by atoms with E-state index >= 15 is 0 Å². The van der Waals surface area contributed by atoms with Gasteiger partial charge in [-0.05, 0) is 56.0 Å². The second-order valence-corrected chi connectivity index (χ2v) is 8.02. The fourth-order valence-corrected chi connectivity index (χ4v) is 4.15. The molecule has 3 aromatic rings. The van der Waals surface area contributed by atoms with Crippen molar-refractivity contribution in [1.29, 1.82) is 0 Å². The number of ether oxygens (including phenoxy) is 1. The van der Waals surface area contributed by atoms with Gasteiger partial charge in [0.15, 0.2) is 0 Å². The average Bonchev–Trinajstić information content (AvgIpc) is 2.74. The molecule has 1 aliphatic carbocycles. The predicted molar refractivity (Wildman–Crippen MR) is 132 cm³/mol. The summed E-state index contributed by atoms with van der Waals surface area (Å²) in [4.78, 5) is 4.42. The number of methoxy groups -OCH3 is 1. The van der Waals surface area contributed by atoms with Crippen molar-refractivity contribution in [2.45, 2.75) is 44.3 Å². The molecule has 1 heterocycles. The molecule has 0 bridgehead atoms. The maximum Gasteiger partial charge on any atom is 0.123 e.